The van der Waals surface area contributed by atoms with Crippen LogP contribution in [0.5, 0.6) is 0 Å². The second-order valence-electron chi connectivity index (χ2n) is 7.55. The summed E-state index contributed by atoms with van der Waals surface area (Å²) >= 11 is 1.81. The number of para-hydroxylation sites is 1. The van der Waals surface area contributed by atoms with Gasteiger partial charge in [-0.15, -0.1) is 11.3 Å². The topological polar surface area (TPSA) is 54.5 Å². The Balaban J connectivity index is 1.43. The zero-order valence-electron chi connectivity index (χ0n) is 15.4. The van der Waals surface area contributed by atoms with E-state index in [0.717, 1.165) is 57.4 Å². The molecule has 6 heteroatoms. The summed E-state index contributed by atoms with van der Waals surface area (Å²) in [5, 5.41) is 4.59. The highest BCUT2D eigenvalue weighted by molar-refractivity contribution is 7.18. The Kier molecular flexibility index (Phi) is 5.25. The SMILES string of the molecule is COCC1(C(=O)N2CCC(c3nc4ccccc4s3)CC2)CCNCC1. The number of nitrogens with zero attached hydrogens (tertiary/aromatic N) is 2. The average molecular weight is 374 g/mol. The molecule has 2 aliphatic heterocycles. The second kappa shape index (κ2) is 7.62. The van der Waals surface area contributed by atoms with E-state index in [1.165, 1.54) is 9.71 Å². The summed E-state index contributed by atoms with van der Waals surface area (Å²) in [4.78, 5) is 20.2. The third-order valence-electron chi connectivity index (χ3n) is 5.88. The number of ether oxygens (including phenoxy) is 1. The number of nitrogens with one attached hydrogen (secondary N) is 1. The summed E-state index contributed by atoms with van der Waals surface area (Å²) in [6, 6.07) is 8.33. The van der Waals surface area contributed by atoms with Crippen LogP contribution in [0.25, 0.3) is 10.2 Å². The molecule has 140 valence electrons. The van der Waals surface area contributed by atoms with Gasteiger partial charge < -0.3 is 15.0 Å². The van der Waals surface area contributed by atoms with Gasteiger partial charge in [-0.25, -0.2) is 4.98 Å². The summed E-state index contributed by atoms with van der Waals surface area (Å²) in [7, 11) is 1.70. The summed E-state index contributed by atoms with van der Waals surface area (Å²) in [5.41, 5.74) is 0.766. The van der Waals surface area contributed by atoms with Gasteiger partial charge in [-0.2, -0.15) is 0 Å². The lowest BCUT2D eigenvalue weighted by atomic mass is 9.77. The zero-order chi connectivity index (χ0) is 18.0. The predicted octanol–water partition coefficient (Wildman–Crippen LogP) is 3.02. The maximum Gasteiger partial charge on any atom is 0.231 e. The molecule has 0 saturated carbocycles. The number of piperidine rings is 2. The fourth-order valence-electron chi connectivity index (χ4n) is 4.33. The van der Waals surface area contributed by atoms with E-state index < -0.39 is 0 Å². The van der Waals surface area contributed by atoms with Crippen molar-refractivity contribution in [1.82, 2.24) is 15.2 Å². The minimum atomic E-state index is -0.331. The Hall–Kier alpha value is -1.50. The molecule has 5 nitrogen and oxygen atoms in total. The number of carbonyl (C=O) groups is 1. The highest BCUT2D eigenvalue weighted by Gasteiger charge is 2.43. The Morgan fingerprint density at radius 1 is 1.31 bits per heavy atom. The van der Waals surface area contributed by atoms with Crippen LogP contribution in [0, 0.1) is 5.41 Å². The largest absolute Gasteiger partial charge is 0.384 e. The number of aromatic nitrogens is 1. The summed E-state index contributed by atoms with van der Waals surface area (Å²) in [6.45, 7) is 4.00. The van der Waals surface area contributed by atoms with Gasteiger partial charge in [-0.3, -0.25) is 4.79 Å². The van der Waals surface area contributed by atoms with Gasteiger partial charge in [-0.1, -0.05) is 12.1 Å². The van der Waals surface area contributed by atoms with Crippen LogP contribution in [0.15, 0.2) is 24.3 Å². The number of methoxy groups -OCH3 is 1. The maximum atomic E-state index is 13.3. The lowest BCUT2D eigenvalue weighted by Crippen LogP contribution is -2.53. The summed E-state index contributed by atoms with van der Waals surface area (Å²) in [6.07, 6.45) is 3.76. The van der Waals surface area contributed by atoms with Crippen LogP contribution >= 0.6 is 11.3 Å². The van der Waals surface area contributed by atoms with E-state index in [-0.39, 0.29) is 5.41 Å². The van der Waals surface area contributed by atoms with Crippen LogP contribution < -0.4 is 5.32 Å². The molecule has 0 bridgehead atoms. The molecule has 1 amide bonds. The van der Waals surface area contributed by atoms with E-state index in [1.54, 1.807) is 18.4 Å². The Bertz CT molecular complexity index is 723. The Morgan fingerprint density at radius 3 is 2.73 bits per heavy atom. The fourth-order valence-corrected chi connectivity index (χ4v) is 5.47. The maximum absolute atomic E-state index is 13.3. The molecule has 2 saturated heterocycles. The molecule has 4 rings (SSSR count). The first-order chi connectivity index (χ1) is 12.7. The zero-order valence-corrected chi connectivity index (χ0v) is 16.2. The van der Waals surface area contributed by atoms with Gasteiger partial charge in [0, 0.05) is 26.1 Å². The van der Waals surface area contributed by atoms with Crippen molar-refractivity contribution in [2.24, 2.45) is 5.41 Å². The molecule has 26 heavy (non-hydrogen) atoms. The molecule has 2 aliphatic rings. The molecule has 3 heterocycles. The molecule has 0 atom stereocenters. The van der Waals surface area contributed by atoms with Gasteiger partial charge in [-0.05, 0) is 50.9 Å². The number of amides is 1. The van der Waals surface area contributed by atoms with Crippen LogP contribution in [0.3, 0.4) is 0 Å². The number of benzene rings is 1. The quantitative estimate of drug-likeness (QED) is 0.895. The summed E-state index contributed by atoms with van der Waals surface area (Å²) in [5.74, 6) is 0.770. The lowest BCUT2D eigenvalue weighted by Gasteiger charge is -2.41. The van der Waals surface area contributed by atoms with E-state index in [1.807, 2.05) is 6.07 Å². The number of likely N-dealkylation sites (tertiary alicyclic amines) is 1. The van der Waals surface area contributed by atoms with Crippen molar-refractivity contribution in [2.45, 2.75) is 31.6 Å². The van der Waals surface area contributed by atoms with Crippen molar-refractivity contribution in [2.75, 3.05) is 39.9 Å². The van der Waals surface area contributed by atoms with Crippen molar-refractivity contribution in [1.29, 1.82) is 0 Å². The molecule has 0 aliphatic carbocycles. The minimum absolute atomic E-state index is 0.295. The lowest BCUT2D eigenvalue weighted by molar-refractivity contribution is -0.148. The minimum Gasteiger partial charge on any atom is -0.384 e. The first-order valence-electron chi connectivity index (χ1n) is 9.56. The number of carbonyl (C=O) groups excluding carboxylic acids is 1. The first kappa shape index (κ1) is 17.9. The fraction of sp³-hybridized carbons (Fsp3) is 0.600. The highest BCUT2D eigenvalue weighted by atomic mass is 32.1. The first-order valence-corrected chi connectivity index (χ1v) is 10.4. The van der Waals surface area contributed by atoms with Crippen LogP contribution in [0.4, 0.5) is 0 Å². The average Bonchev–Trinajstić information content (AvgIpc) is 3.13. The van der Waals surface area contributed by atoms with Crippen LogP contribution in [0.2, 0.25) is 0 Å². The van der Waals surface area contributed by atoms with Crippen molar-refractivity contribution < 1.29 is 9.53 Å². The van der Waals surface area contributed by atoms with Crippen molar-refractivity contribution in [3.05, 3.63) is 29.3 Å². The van der Waals surface area contributed by atoms with Crippen molar-refractivity contribution in [3.63, 3.8) is 0 Å². The molecule has 2 fully saturated rings. The van der Waals surface area contributed by atoms with Crippen molar-refractivity contribution >= 4 is 27.5 Å². The third kappa shape index (κ3) is 3.38. The smallest absolute Gasteiger partial charge is 0.231 e. The molecule has 1 aromatic heterocycles. The Labute approximate surface area is 158 Å². The van der Waals surface area contributed by atoms with Gasteiger partial charge in [0.15, 0.2) is 0 Å². The van der Waals surface area contributed by atoms with Gasteiger partial charge in [0.05, 0.1) is 27.2 Å². The molecular weight excluding hydrogens is 346 g/mol. The third-order valence-corrected chi connectivity index (χ3v) is 7.08. The van der Waals surface area contributed by atoms with E-state index in [9.17, 15) is 4.79 Å². The van der Waals surface area contributed by atoms with Crippen molar-refractivity contribution in [3.8, 4) is 0 Å². The van der Waals surface area contributed by atoms with Crippen LogP contribution in [0.1, 0.15) is 36.6 Å². The standard InChI is InChI=1S/C20H27N3O2S/c1-25-14-20(8-10-21-11-9-20)19(24)23-12-6-15(7-13-23)18-22-16-4-2-3-5-17(16)26-18/h2-5,15,21H,6-14H2,1H3. The number of thiazole rings is 1. The molecule has 0 radical (unpaired) electrons. The van der Waals surface area contributed by atoms with E-state index in [2.05, 4.69) is 28.4 Å². The molecule has 0 spiro atoms. The molecule has 2 aromatic rings. The number of hydrogen-bond acceptors (Lipinski definition) is 5. The van der Waals surface area contributed by atoms with E-state index >= 15 is 0 Å². The second-order valence-corrected chi connectivity index (χ2v) is 8.61. The monoisotopic (exact) mass is 373 g/mol. The molecule has 1 N–H and O–H groups in total. The van der Waals surface area contributed by atoms with E-state index in [4.69, 9.17) is 9.72 Å². The predicted molar refractivity (Wildman–Crippen MR) is 105 cm³/mol. The summed E-state index contributed by atoms with van der Waals surface area (Å²) < 4.78 is 6.70. The van der Waals surface area contributed by atoms with E-state index in [0.29, 0.717) is 18.4 Å². The van der Waals surface area contributed by atoms with Gasteiger partial charge in [0.25, 0.3) is 0 Å². The van der Waals surface area contributed by atoms with Gasteiger partial charge in [0.1, 0.15) is 0 Å². The number of fused-ring (bicyclic) bond motifs is 1. The molecular formula is C20H27N3O2S. The molecule has 0 unspecified atom stereocenters. The molecule has 1 aromatic carbocycles. The number of hydrogen-bond donors (Lipinski definition) is 1. The van der Waals surface area contributed by atoms with Gasteiger partial charge in [0.2, 0.25) is 5.91 Å². The van der Waals surface area contributed by atoms with Crippen LogP contribution in [-0.4, -0.2) is 55.7 Å². The Morgan fingerprint density at radius 2 is 2.04 bits per heavy atom. The van der Waals surface area contributed by atoms with Gasteiger partial charge >= 0.3 is 0 Å². The normalized spacial score (nSPS) is 21.2. The highest BCUT2D eigenvalue weighted by Crippen LogP contribution is 2.37. The van der Waals surface area contributed by atoms with Crippen LogP contribution in [-0.2, 0) is 9.53 Å². The number of rotatable bonds is 4.